The molecule has 4 aliphatic rings. The van der Waals surface area contributed by atoms with Crippen LogP contribution in [0.3, 0.4) is 0 Å². The molecule has 5 N–H and O–H groups in total. The number of hydrogen-bond acceptors (Lipinski definition) is 14. The third kappa shape index (κ3) is 13.0. The van der Waals surface area contributed by atoms with Crippen LogP contribution in [-0.4, -0.2) is 111 Å². The lowest BCUT2D eigenvalue weighted by atomic mass is 9.85. The van der Waals surface area contributed by atoms with Gasteiger partial charge in [0, 0.05) is 17.9 Å². The van der Waals surface area contributed by atoms with Gasteiger partial charge in [-0.3, -0.25) is 22.7 Å². The van der Waals surface area contributed by atoms with E-state index in [1.54, 1.807) is 52.8 Å². The van der Waals surface area contributed by atoms with Gasteiger partial charge in [0.25, 0.3) is 5.91 Å². The molecule has 25 heteroatoms. The molecular weight excluding hydrogens is 917 g/mol. The minimum absolute atomic E-state index is 0.0948. The lowest BCUT2D eigenvalue weighted by Crippen LogP contribution is -2.60. The largest absolute Gasteiger partial charge is 0.488 e. The fourth-order valence-corrected chi connectivity index (χ4v) is 8.62. The van der Waals surface area contributed by atoms with Crippen molar-refractivity contribution in [3.8, 4) is 11.6 Å². The number of benzene rings is 1. The van der Waals surface area contributed by atoms with Gasteiger partial charge in [-0.2, -0.15) is 30.0 Å². The molecule has 3 aliphatic carbocycles. The maximum absolute atomic E-state index is 14.5. The molecule has 1 aromatic carbocycles. The number of rotatable bonds is 16. The lowest BCUT2D eigenvalue weighted by molar-refractivity contribution is -0.244. The molecule has 6 rings (SSSR count). The minimum atomic E-state index is -4.93. The van der Waals surface area contributed by atoms with Crippen LogP contribution in [-0.2, 0) is 48.1 Å². The van der Waals surface area contributed by atoms with Gasteiger partial charge >= 0.3 is 32.9 Å². The molecule has 5 atom stereocenters. The van der Waals surface area contributed by atoms with Gasteiger partial charge < -0.3 is 29.7 Å². The summed E-state index contributed by atoms with van der Waals surface area (Å²) in [6, 6.07) is 3.65. The number of ether oxygens (including phenoxy) is 3. The summed E-state index contributed by atoms with van der Waals surface area (Å²) in [4.78, 5) is 60.8. The summed E-state index contributed by atoms with van der Waals surface area (Å²) >= 11 is 6.45. The van der Waals surface area contributed by atoms with Gasteiger partial charge in [-0.1, -0.05) is 51.8 Å². The summed E-state index contributed by atoms with van der Waals surface area (Å²) < 4.78 is 114. The molecule has 3 saturated carbocycles. The fourth-order valence-electron chi connectivity index (χ4n) is 6.83. The highest BCUT2D eigenvalue weighted by molar-refractivity contribution is 7.85. The molecule has 0 radical (unpaired) electrons. The van der Waals surface area contributed by atoms with Crippen LogP contribution in [0.15, 0.2) is 24.3 Å². The number of carbonyl (C=O) groups is 4. The first-order chi connectivity index (χ1) is 29.5. The van der Waals surface area contributed by atoms with E-state index in [4.69, 9.17) is 30.0 Å². The second kappa shape index (κ2) is 18.9. The first-order valence-corrected chi connectivity index (χ1v) is 23.8. The monoisotopic (exact) mass is 970 g/mol. The fraction of sp³-hybridized carbons (Fsp3) is 0.667. The minimum Gasteiger partial charge on any atom is -0.488 e. The van der Waals surface area contributed by atoms with E-state index in [0.717, 1.165) is 17.7 Å². The molecular formula is C39H54ClF3N6O13S2. The Bertz CT molecular complexity index is 2330. The molecule has 1 aromatic heterocycles. The van der Waals surface area contributed by atoms with E-state index in [0.29, 0.717) is 49.0 Å². The zero-order valence-corrected chi connectivity index (χ0v) is 38.6. The zero-order chi connectivity index (χ0) is 47.8. The Hall–Kier alpha value is -4.23. The summed E-state index contributed by atoms with van der Waals surface area (Å²) in [6.07, 6.45) is -5.04. The number of nitrogens with two attached hydrogens (primary N) is 1. The van der Waals surface area contributed by atoms with Crippen molar-refractivity contribution >= 4 is 66.9 Å². The van der Waals surface area contributed by atoms with Crippen molar-refractivity contribution in [1.82, 2.24) is 25.2 Å². The van der Waals surface area contributed by atoms with Crippen LogP contribution in [0.2, 0.25) is 5.02 Å². The molecule has 1 saturated heterocycles. The number of amides is 4. The first-order valence-electron chi connectivity index (χ1n) is 20.5. The Balaban J connectivity index is 0.000000866. The van der Waals surface area contributed by atoms with Crippen molar-refractivity contribution in [2.75, 3.05) is 13.2 Å². The number of alkyl carbamates (subject to hydrolysis) is 1. The van der Waals surface area contributed by atoms with E-state index in [1.165, 1.54) is 6.07 Å². The highest BCUT2D eigenvalue weighted by Gasteiger charge is 2.62. The Kier molecular flexibility index (Phi) is 15.0. The number of nitrogens with zero attached hydrogens (tertiary/aromatic N) is 2. The predicted molar refractivity (Wildman–Crippen MR) is 223 cm³/mol. The molecule has 4 amide bonds. The number of aromatic nitrogens is 1. The number of likely N-dealkylation sites (tertiary alicyclic amines) is 1. The molecule has 0 unspecified atom stereocenters. The third-order valence-corrected chi connectivity index (χ3v) is 12.5. The summed E-state index contributed by atoms with van der Waals surface area (Å²) in [5.41, 5.74) is -5.33. The summed E-state index contributed by atoms with van der Waals surface area (Å²) in [5, 5.41) is 10.3. The quantitative estimate of drug-likeness (QED) is 0.183. The number of pyridine rings is 1. The number of hydrogen-bond donors (Lipinski definition) is 4. The topological polar surface area (TPSA) is 261 Å². The molecule has 1 aliphatic heterocycles. The summed E-state index contributed by atoms with van der Waals surface area (Å²) in [6.45, 7) is 9.53. The van der Waals surface area contributed by atoms with Crippen molar-refractivity contribution in [2.45, 2.75) is 141 Å². The van der Waals surface area contributed by atoms with Crippen molar-refractivity contribution < 1.29 is 71.8 Å². The van der Waals surface area contributed by atoms with Crippen LogP contribution >= 0.6 is 11.6 Å². The number of para-hydroxylation sites is 1. The molecule has 64 heavy (non-hydrogen) atoms. The normalized spacial score (nSPS) is 23.0. The number of fused-ring (bicyclic) bond motifs is 1. The van der Waals surface area contributed by atoms with Gasteiger partial charge in [0.1, 0.15) is 29.5 Å². The molecule has 2 aromatic rings. The van der Waals surface area contributed by atoms with Crippen LogP contribution in [0.4, 0.5) is 18.0 Å². The second-order valence-electron chi connectivity index (χ2n) is 17.6. The van der Waals surface area contributed by atoms with E-state index in [9.17, 15) is 49.2 Å². The van der Waals surface area contributed by atoms with Crippen molar-refractivity contribution in [2.24, 2.45) is 16.5 Å². The Morgan fingerprint density at radius 1 is 0.984 bits per heavy atom. The average molecular weight is 971 g/mol. The molecule has 2 heterocycles. The molecule has 19 nitrogen and oxygen atoms in total. The molecule has 4 fully saturated rings. The SMILES string of the molecule is CCOc1cc(O[C@@H]2C[C@@H](C(=O)N[C@]3(C(=O)NS(=O)(=O)OC4CC4)C[C@H]3CC)N(C(=O)[C@@H](NC(=O)OC(C)(C)C(F)(F)F)C(C)(C)C)C2)c2cccc(Cl)c2n1.NS(=O)(=O)OC1CC1. The number of halogens is 4. The van der Waals surface area contributed by atoms with Crippen molar-refractivity contribution in [3.05, 3.63) is 29.3 Å². The standard InChI is InChI=1S/C36H47ClF3N5O10S.C3H7NO3S/c1-8-19-17-35(19,31(48)44-56(50,51)55-20-13-14-20)43-29(46)24-15-21(53-25-16-26(52-9-2)41-27-22(25)11-10-12-23(27)37)18-45(24)30(47)28(33(3,4)5)42-32(49)54-34(6,7)36(38,39)40;4-8(5,6)7-3-1-2-3/h10-12,16,19-21,24,28H,8-9,13-15,17-18H2,1-7H3,(H,42,49)(H,43,46)(H,44,48);3H,1-2H2,(H2,4,5,6)/t19-,21-,24+,28-,35-;/m1./s1. The van der Waals surface area contributed by atoms with Gasteiger partial charge in [-0.05, 0) is 76.3 Å². The highest BCUT2D eigenvalue weighted by atomic mass is 35.5. The average Bonchev–Trinajstić information content (AvgIpc) is 4.10. The Morgan fingerprint density at radius 2 is 1.61 bits per heavy atom. The van der Waals surface area contributed by atoms with Crippen molar-refractivity contribution in [1.29, 1.82) is 0 Å². The second-order valence-corrected chi connectivity index (χ2v) is 20.5. The summed E-state index contributed by atoms with van der Waals surface area (Å²) in [5.74, 6) is -2.70. The maximum Gasteiger partial charge on any atom is 0.427 e. The Labute approximate surface area is 374 Å². The Morgan fingerprint density at radius 3 is 2.12 bits per heavy atom. The van der Waals surface area contributed by atoms with Crippen LogP contribution in [0, 0.1) is 11.3 Å². The van der Waals surface area contributed by atoms with E-state index in [1.807, 2.05) is 4.72 Å². The van der Waals surface area contributed by atoms with Gasteiger partial charge in [0.2, 0.25) is 23.3 Å². The van der Waals surface area contributed by atoms with E-state index in [-0.39, 0.29) is 43.7 Å². The summed E-state index contributed by atoms with van der Waals surface area (Å²) in [7, 11) is -8.15. The zero-order valence-electron chi connectivity index (χ0n) is 36.2. The van der Waals surface area contributed by atoms with E-state index >= 15 is 0 Å². The first kappa shape index (κ1) is 50.8. The van der Waals surface area contributed by atoms with E-state index < -0.39 is 97.4 Å². The maximum atomic E-state index is 14.5. The lowest BCUT2D eigenvalue weighted by Gasteiger charge is -2.36. The number of alkyl halides is 3. The molecule has 0 spiro atoms. The predicted octanol–water partition coefficient (Wildman–Crippen LogP) is 4.31. The number of nitrogens with one attached hydrogen (secondary N) is 3. The van der Waals surface area contributed by atoms with Gasteiger partial charge in [0.05, 0.1) is 35.9 Å². The van der Waals surface area contributed by atoms with E-state index in [2.05, 4.69) is 24.9 Å². The van der Waals surface area contributed by atoms with Crippen molar-refractivity contribution in [3.63, 3.8) is 0 Å². The van der Waals surface area contributed by atoms with Crippen LogP contribution in [0.5, 0.6) is 11.6 Å². The van der Waals surface area contributed by atoms with Crippen LogP contribution in [0.25, 0.3) is 10.9 Å². The van der Waals surface area contributed by atoms with Gasteiger partial charge in [0.15, 0.2) is 0 Å². The van der Waals surface area contributed by atoms with Gasteiger partial charge in [-0.25, -0.2) is 19.6 Å². The third-order valence-electron chi connectivity index (χ3n) is 10.7. The smallest absolute Gasteiger partial charge is 0.427 e. The number of carbonyl (C=O) groups excluding carboxylic acids is 4. The molecule has 358 valence electrons. The van der Waals surface area contributed by atoms with Gasteiger partial charge in [-0.15, -0.1) is 0 Å². The van der Waals surface area contributed by atoms with Crippen LogP contribution in [0.1, 0.15) is 93.4 Å². The highest BCUT2D eigenvalue weighted by Crippen LogP contribution is 2.47. The van der Waals surface area contributed by atoms with Crippen LogP contribution < -0.4 is 30.0 Å². The molecule has 0 bridgehead atoms.